The van der Waals surface area contributed by atoms with Gasteiger partial charge in [-0.2, -0.15) is 0 Å². The molecule has 2 N–H and O–H groups in total. The minimum atomic E-state index is -2.51. The quantitative estimate of drug-likeness (QED) is 0.640. The summed E-state index contributed by atoms with van der Waals surface area (Å²) in [6.45, 7) is -0.449. The highest BCUT2D eigenvalue weighted by atomic mass is 19.3. The molecule has 0 heterocycles. The van der Waals surface area contributed by atoms with Crippen LogP contribution in [0.5, 0.6) is 0 Å². The molecule has 21 heavy (non-hydrogen) atoms. The highest BCUT2D eigenvalue weighted by Gasteiger charge is 2.36. The summed E-state index contributed by atoms with van der Waals surface area (Å²) in [6.07, 6.45) is 2.11. The Hall–Kier alpha value is -1.24. The molecule has 5 nitrogen and oxygen atoms in total. The molecule has 1 rings (SSSR count). The van der Waals surface area contributed by atoms with Crippen LogP contribution in [0.4, 0.5) is 8.78 Å². The van der Waals surface area contributed by atoms with E-state index < -0.39 is 24.4 Å². The molecular formula is C14H23F2NO4. The van der Waals surface area contributed by atoms with Gasteiger partial charge in [-0.15, -0.1) is 0 Å². The molecule has 0 aliphatic heterocycles. The number of halogens is 2. The summed E-state index contributed by atoms with van der Waals surface area (Å²) in [5.74, 6) is -1.12. The Morgan fingerprint density at radius 3 is 2.43 bits per heavy atom. The van der Waals surface area contributed by atoms with Crippen molar-refractivity contribution in [3.8, 4) is 0 Å². The van der Waals surface area contributed by atoms with Gasteiger partial charge >= 0.3 is 5.97 Å². The summed E-state index contributed by atoms with van der Waals surface area (Å²) in [5.41, 5.74) is -0.460. The molecular weight excluding hydrogens is 284 g/mol. The van der Waals surface area contributed by atoms with Crippen LogP contribution >= 0.6 is 0 Å². The number of ether oxygens (including phenoxy) is 1. The zero-order valence-corrected chi connectivity index (χ0v) is 12.1. The second kappa shape index (κ2) is 8.92. The van der Waals surface area contributed by atoms with Gasteiger partial charge in [0.25, 0.3) is 6.43 Å². The first-order chi connectivity index (χ1) is 9.93. The minimum Gasteiger partial charge on any atom is -0.481 e. The molecule has 1 aliphatic rings. The lowest BCUT2D eigenvalue weighted by Crippen LogP contribution is -2.36. The van der Waals surface area contributed by atoms with Crippen molar-refractivity contribution in [3.63, 3.8) is 0 Å². The molecule has 1 aliphatic carbocycles. The largest absolute Gasteiger partial charge is 0.481 e. The van der Waals surface area contributed by atoms with Crippen LogP contribution in [0.2, 0.25) is 0 Å². The molecule has 0 aromatic carbocycles. The summed E-state index contributed by atoms with van der Waals surface area (Å²) in [7, 11) is 0. The van der Waals surface area contributed by atoms with Gasteiger partial charge in [0.15, 0.2) is 0 Å². The lowest BCUT2D eigenvalue weighted by atomic mass is 9.69. The summed E-state index contributed by atoms with van der Waals surface area (Å²) in [5, 5.41) is 11.6. The Morgan fingerprint density at radius 1 is 1.19 bits per heavy atom. The number of amides is 1. The summed E-state index contributed by atoms with van der Waals surface area (Å²) < 4.78 is 28.3. The maximum Gasteiger partial charge on any atom is 0.303 e. The minimum absolute atomic E-state index is 0.00228. The molecule has 7 heteroatoms. The third-order valence-corrected chi connectivity index (χ3v) is 3.79. The van der Waals surface area contributed by atoms with E-state index in [1.165, 1.54) is 0 Å². The Labute approximate surface area is 123 Å². The van der Waals surface area contributed by atoms with Gasteiger partial charge in [-0.05, 0) is 18.3 Å². The van der Waals surface area contributed by atoms with E-state index in [1.54, 1.807) is 0 Å². The van der Waals surface area contributed by atoms with E-state index in [0.29, 0.717) is 0 Å². The Morgan fingerprint density at radius 2 is 1.86 bits per heavy atom. The van der Waals surface area contributed by atoms with Crippen LogP contribution in [0.15, 0.2) is 0 Å². The second-order valence-electron chi connectivity index (χ2n) is 5.62. The first kappa shape index (κ1) is 17.8. The number of rotatable bonds is 9. The van der Waals surface area contributed by atoms with E-state index in [2.05, 4.69) is 10.1 Å². The zero-order chi connectivity index (χ0) is 15.7. The van der Waals surface area contributed by atoms with Gasteiger partial charge in [-0.25, -0.2) is 8.78 Å². The predicted octanol–water partition coefficient (Wildman–Crippen LogP) is 2.20. The fourth-order valence-corrected chi connectivity index (χ4v) is 2.88. The molecule has 0 spiro atoms. The molecule has 0 saturated heterocycles. The zero-order valence-electron chi connectivity index (χ0n) is 12.1. The smallest absolute Gasteiger partial charge is 0.303 e. The summed E-state index contributed by atoms with van der Waals surface area (Å²) in [6, 6.07) is 0. The van der Waals surface area contributed by atoms with Crippen molar-refractivity contribution in [1.82, 2.24) is 5.32 Å². The van der Waals surface area contributed by atoms with Crippen LogP contribution in [0, 0.1) is 5.41 Å². The van der Waals surface area contributed by atoms with Crippen molar-refractivity contribution in [2.75, 3.05) is 19.8 Å². The fourth-order valence-electron chi connectivity index (χ4n) is 2.88. The molecule has 0 atom stereocenters. The molecule has 1 amide bonds. The van der Waals surface area contributed by atoms with Crippen molar-refractivity contribution in [3.05, 3.63) is 0 Å². The van der Waals surface area contributed by atoms with Gasteiger partial charge in [0.2, 0.25) is 5.91 Å². The number of carbonyl (C=O) groups excluding carboxylic acids is 1. The monoisotopic (exact) mass is 307 g/mol. The first-order valence-corrected chi connectivity index (χ1v) is 7.28. The van der Waals surface area contributed by atoms with Crippen molar-refractivity contribution in [2.24, 2.45) is 5.41 Å². The Balaban J connectivity index is 2.33. The van der Waals surface area contributed by atoms with E-state index in [0.717, 1.165) is 32.1 Å². The lowest BCUT2D eigenvalue weighted by Gasteiger charge is -2.35. The number of alkyl halides is 2. The molecule has 0 radical (unpaired) electrons. The van der Waals surface area contributed by atoms with Crippen molar-refractivity contribution >= 4 is 11.9 Å². The maximum absolute atomic E-state index is 11.9. The second-order valence-corrected chi connectivity index (χ2v) is 5.62. The lowest BCUT2D eigenvalue weighted by molar-refractivity contribution is -0.141. The predicted molar refractivity (Wildman–Crippen MR) is 72.2 cm³/mol. The average Bonchev–Trinajstić information content (AvgIpc) is 2.37. The molecule has 1 fully saturated rings. The van der Waals surface area contributed by atoms with Crippen LogP contribution < -0.4 is 5.32 Å². The van der Waals surface area contributed by atoms with Crippen LogP contribution in [-0.4, -0.2) is 43.2 Å². The van der Waals surface area contributed by atoms with Crippen molar-refractivity contribution < 1.29 is 28.2 Å². The number of carbonyl (C=O) groups is 2. The summed E-state index contributed by atoms with van der Waals surface area (Å²) >= 11 is 0. The highest BCUT2D eigenvalue weighted by molar-refractivity contribution is 5.78. The van der Waals surface area contributed by atoms with E-state index in [9.17, 15) is 18.4 Å². The van der Waals surface area contributed by atoms with Gasteiger partial charge in [-0.1, -0.05) is 19.3 Å². The van der Waals surface area contributed by atoms with Crippen molar-refractivity contribution in [2.45, 2.75) is 51.4 Å². The fraction of sp³-hybridized carbons (Fsp3) is 0.857. The molecule has 0 aromatic heterocycles. The standard InChI is InChI=1S/C14H23F2NO4/c15-11(16)10-21-7-6-17-12(18)8-14(9-13(19)20)4-2-1-3-5-14/h11H,1-10H2,(H,17,18)(H,19,20). The first-order valence-electron chi connectivity index (χ1n) is 7.28. The van der Waals surface area contributed by atoms with Crippen LogP contribution in [0.1, 0.15) is 44.9 Å². The van der Waals surface area contributed by atoms with Crippen LogP contribution in [0.3, 0.4) is 0 Å². The van der Waals surface area contributed by atoms with E-state index in [1.807, 2.05) is 0 Å². The average molecular weight is 307 g/mol. The van der Waals surface area contributed by atoms with E-state index in [-0.39, 0.29) is 31.9 Å². The Bertz CT molecular complexity index is 344. The molecule has 0 unspecified atom stereocenters. The van der Waals surface area contributed by atoms with E-state index >= 15 is 0 Å². The van der Waals surface area contributed by atoms with Crippen molar-refractivity contribution in [1.29, 1.82) is 0 Å². The number of aliphatic carboxylic acids is 1. The molecule has 0 aromatic rings. The van der Waals surface area contributed by atoms with Gasteiger partial charge in [0, 0.05) is 13.0 Å². The highest BCUT2D eigenvalue weighted by Crippen LogP contribution is 2.42. The maximum atomic E-state index is 11.9. The third-order valence-electron chi connectivity index (χ3n) is 3.79. The number of hydrogen-bond donors (Lipinski definition) is 2. The normalized spacial score (nSPS) is 17.7. The number of nitrogens with one attached hydrogen (secondary N) is 1. The van der Waals surface area contributed by atoms with Gasteiger partial charge < -0.3 is 15.2 Å². The van der Waals surface area contributed by atoms with Crippen LogP contribution in [-0.2, 0) is 14.3 Å². The number of hydrogen-bond acceptors (Lipinski definition) is 3. The van der Waals surface area contributed by atoms with Gasteiger partial charge in [0.1, 0.15) is 6.61 Å². The summed E-state index contributed by atoms with van der Waals surface area (Å²) in [4.78, 5) is 22.9. The topological polar surface area (TPSA) is 75.6 Å². The Kier molecular flexibility index (Phi) is 7.56. The third kappa shape index (κ3) is 7.36. The molecule has 0 bridgehead atoms. The molecule has 1 saturated carbocycles. The van der Waals surface area contributed by atoms with Gasteiger partial charge in [-0.3, -0.25) is 9.59 Å². The molecule has 122 valence electrons. The van der Waals surface area contributed by atoms with E-state index in [4.69, 9.17) is 5.11 Å². The van der Waals surface area contributed by atoms with Gasteiger partial charge in [0.05, 0.1) is 13.0 Å². The SMILES string of the molecule is O=C(O)CC1(CC(=O)NCCOCC(F)F)CCCCC1. The number of carboxylic acid groups (broad SMARTS) is 1. The van der Waals surface area contributed by atoms with Crippen LogP contribution in [0.25, 0.3) is 0 Å². The number of carboxylic acids is 1.